The van der Waals surface area contributed by atoms with Gasteiger partial charge in [-0.15, -0.1) is 0 Å². The fourth-order valence-corrected chi connectivity index (χ4v) is 3.41. The zero-order chi connectivity index (χ0) is 12.6. The van der Waals surface area contributed by atoms with Crippen molar-refractivity contribution < 1.29 is 8.42 Å². The second kappa shape index (κ2) is 4.59. The maximum Gasteiger partial charge on any atom is 0.242 e. The van der Waals surface area contributed by atoms with E-state index < -0.39 is 10.0 Å². The molecule has 17 heavy (non-hydrogen) atoms. The van der Waals surface area contributed by atoms with Gasteiger partial charge in [-0.3, -0.25) is 0 Å². The van der Waals surface area contributed by atoms with Gasteiger partial charge in [-0.25, -0.2) is 12.7 Å². The molecule has 0 unspecified atom stereocenters. The largest absolute Gasteiger partial charge is 0.398 e. The maximum atomic E-state index is 12.2. The zero-order valence-electron chi connectivity index (χ0n) is 9.56. The third kappa shape index (κ3) is 2.81. The Morgan fingerprint density at radius 2 is 2.12 bits per heavy atom. The summed E-state index contributed by atoms with van der Waals surface area (Å²) in [5, 5.41) is 0. The summed E-state index contributed by atoms with van der Waals surface area (Å²) in [7, 11) is -1.76. The first-order chi connectivity index (χ1) is 7.91. The van der Waals surface area contributed by atoms with Gasteiger partial charge in [-0.1, -0.05) is 0 Å². The summed E-state index contributed by atoms with van der Waals surface area (Å²) >= 11 is 3.24. The van der Waals surface area contributed by atoms with Crippen LogP contribution in [0.5, 0.6) is 0 Å². The van der Waals surface area contributed by atoms with E-state index in [1.165, 1.54) is 4.31 Å². The number of nitrogen functional groups attached to an aromatic ring is 1. The third-order valence-corrected chi connectivity index (χ3v) is 5.40. The maximum absolute atomic E-state index is 12.2. The number of sulfonamides is 1. The predicted octanol–water partition coefficient (Wildman–Crippen LogP) is 2.06. The molecule has 1 fully saturated rings. The summed E-state index contributed by atoms with van der Waals surface area (Å²) in [5.41, 5.74) is 6.18. The molecule has 1 aromatic rings. The van der Waals surface area contributed by atoms with Gasteiger partial charge < -0.3 is 5.73 Å². The second-order valence-corrected chi connectivity index (χ2v) is 7.31. The lowest BCUT2D eigenvalue weighted by Gasteiger charge is -2.17. The van der Waals surface area contributed by atoms with E-state index in [4.69, 9.17) is 5.73 Å². The molecule has 0 bridgehead atoms. The highest BCUT2D eigenvalue weighted by Gasteiger charge is 2.29. The molecule has 0 heterocycles. The summed E-state index contributed by atoms with van der Waals surface area (Å²) in [6, 6.07) is 4.69. The minimum atomic E-state index is -3.39. The quantitative estimate of drug-likeness (QED) is 0.864. The van der Waals surface area contributed by atoms with E-state index in [1.54, 1.807) is 25.2 Å². The first-order valence-corrected chi connectivity index (χ1v) is 7.66. The average Bonchev–Trinajstić information content (AvgIpc) is 3.05. The molecule has 1 aliphatic rings. The van der Waals surface area contributed by atoms with E-state index in [-0.39, 0.29) is 4.90 Å². The molecule has 0 amide bonds. The van der Waals surface area contributed by atoms with Crippen LogP contribution in [0.15, 0.2) is 27.6 Å². The van der Waals surface area contributed by atoms with Crippen molar-refractivity contribution >= 4 is 31.6 Å². The monoisotopic (exact) mass is 318 g/mol. The van der Waals surface area contributed by atoms with Crippen molar-refractivity contribution in [2.24, 2.45) is 5.92 Å². The van der Waals surface area contributed by atoms with Crippen LogP contribution in [0.1, 0.15) is 12.8 Å². The fourth-order valence-electron chi connectivity index (χ4n) is 1.61. The van der Waals surface area contributed by atoms with Gasteiger partial charge in [0.2, 0.25) is 10.0 Å². The van der Waals surface area contributed by atoms with E-state index in [2.05, 4.69) is 15.9 Å². The van der Waals surface area contributed by atoms with Crippen LogP contribution in [-0.2, 0) is 10.0 Å². The van der Waals surface area contributed by atoms with Crippen LogP contribution in [0, 0.1) is 5.92 Å². The van der Waals surface area contributed by atoms with E-state index >= 15 is 0 Å². The lowest BCUT2D eigenvalue weighted by atomic mass is 10.3. The third-order valence-electron chi connectivity index (χ3n) is 2.89. The summed E-state index contributed by atoms with van der Waals surface area (Å²) in [4.78, 5) is 0.279. The van der Waals surface area contributed by atoms with Gasteiger partial charge in [0, 0.05) is 23.8 Å². The van der Waals surface area contributed by atoms with Crippen LogP contribution in [0.3, 0.4) is 0 Å². The van der Waals surface area contributed by atoms with Crippen molar-refractivity contribution in [2.45, 2.75) is 17.7 Å². The number of benzene rings is 1. The molecule has 1 saturated carbocycles. The Hall–Kier alpha value is -0.590. The normalized spacial score (nSPS) is 16.4. The zero-order valence-corrected chi connectivity index (χ0v) is 12.0. The Balaban J connectivity index is 2.26. The highest BCUT2D eigenvalue weighted by Crippen LogP contribution is 2.31. The fraction of sp³-hybridized carbons (Fsp3) is 0.455. The van der Waals surface area contributed by atoms with Gasteiger partial charge in [-0.05, 0) is 52.9 Å². The van der Waals surface area contributed by atoms with Gasteiger partial charge in [0.15, 0.2) is 0 Å². The Morgan fingerprint density at radius 3 is 2.65 bits per heavy atom. The van der Waals surface area contributed by atoms with Crippen LogP contribution in [0.2, 0.25) is 0 Å². The van der Waals surface area contributed by atoms with Gasteiger partial charge in [0.1, 0.15) is 0 Å². The molecule has 1 aromatic carbocycles. The number of hydrogen-bond acceptors (Lipinski definition) is 3. The topological polar surface area (TPSA) is 63.4 Å². The first-order valence-electron chi connectivity index (χ1n) is 5.42. The van der Waals surface area contributed by atoms with Crippen LogP contribution < -0.4 is 5.73 Å². The Morgan fingerprint density at radius 1 is 1.47 bits per heavy atom. The molecular weight excluding hydrogens is 304 g/mol. The number of nitrogens with two attached hydrogens (primary N) is 1. The van der Waals surface area contributed by atoms with Gasteiger partial charge >= 0.3 is 0 Å². The highest BCUT2D eigenvalue weighted by atomic mass is 79.9. The highest BCUT2D eigenvalue weighted by molar-refractivity contribution is 9.10. The lowest BCUT2D eigenvalue weighted by Crippen LogP contribution is -2.28. The number of rotatable bonds is 4. The van der Waals surface area contributed by atoms with Crippen molar-refractivity contribution in [1.82, 2.24) is 4.31 Å². The Labute approximate surface area is 110 Å². The molecule has 4 nitrogen and oxygen atoms in total. The van der Waals surface area contributed by atoms with E-state index in [9.17, 15) is 8.42 Å². The molecule has 0 aromatic heterocycles. The number of nitrogens with zero attached hydrogens (tertiary/aromatic N) is 1. The minimum absolute atomic E-state index is 0.279. The van der Waals surface area contributed by atoms with Crippen LogP contribution in [0.4, 0.5) is 5.69 Å². The predicted molar refractivity (Wildman–Crippen MR) is 71.1 cm³/mol. The molecule has 0 saturated heterocycles. The molecule has 0 spiro atoms. The summed E-state index contributed by atoms with van der Waals surface area (Å²) < 4.78 is 26.5. The van der Waals surface area contributed by atoms with Gasteiger partial charge in [-0.2, -0.15) is 0 Å². The average molecular weight is 319 g/mol. The molecular formula is C11H15BrN2O2S. The molecule has 2 N–H and O–H groups in total. The smallest absolute Gasteiger partial charge is 0.242 e. The SMILES string of the molecule is CN(CC1CC1)S(=O)(=O)c1ccc(N)c(Br)c1. The van der Waals surface area contributed by atoms with Crippen molar-refractivity contribution in [3.05, 3.63) is 22.7 Å². The summed E-state index contributed by atoms with van der Waals surface area (Å²) in [5.74, 6) is 0.534. The standard InChI is InChI=1S/C11H15BrN2O2S/c1-14(7-8-2-3-8)17(15,16)9-4-5-11(13)10(12)6-9/h4-6,8H,2-3,7,13H2,1H3. The molecule has 94 valence electrons. The molecule has 2 rings (SSSR count). The summed E-state index contributed by atoms with van der Waals surface area (Å²) in [6.07, 6.45) is 2.26. The van der Waals surface area contributed by atoms with Crippen LogP contribution in [0.25, 0.3) is 0 Å². The second-order valence-electron chi connectivity index (χ2n) is 4.41. The van der Waals surface area contributed by atoms with E-state index in [0.29, 0.717) is 22.6 Å². The van der Waals surface area contributed by atoms with Gasteiger partial charge in [0.05, 0.1) is 4.90 Å². The van der Waals surface area contributed by atoms with E-state index in [0.717, 1.165) is 12.8 Å². The van der Waals surface area contributed by atoms with Crippen molar-refractivity contribution in [1.29, 1.82) is 0 Å². The van der Waals surface area contributed by atoms with E-state index in [1.807, 2.05) is 0 Å². The van der Waals surface area contributed by atoms with Gasteiger partial charge in [0.25, 0.3) is 0 Å². The molecule has 6 heteroatoms. The number of halogens is 1. The van der Waals surface area contributed by atoms with Crippen LogP contribution >= 0.6 is 15.9 Å². The number of hydrogen-bond donors (Lipinski definition) is 1. The van der Waals surface area contributed by atoms with Crippen molar-refractivity contribution in [3.8, 4) is 0 Å². The molecule has 0 atom stereocenters. The van der Waals surface area contributed by atoms with Crippen molar-refractivity contribution in [3.63, 3.8) is 0 Å². The molecule has 0 aliphatic heterocycles. The number of anilines is 1. The Bertz CT molecular complexity index is 526. The van der Waals surface area contributed by atoms with Crippen LogP contribution in [-0.4, -0.2) is 26.3 Å². The summed E-state index contributed by atoms with van der Waals surface area (Å²) in [6.45, 7) is 0.602. The molecule has 1 aliphatic carbocycles. The minimum Gasteiger partial charge on any atom is -0.398 e. The lowest BCUT2D eigenvalue weighted by molar-refractivity contribution is 0.453. The first kappa shape index (κ1) is 12.9. The molecule has 0 radical (unpaired) electrons. The Kier molecular flexibility index (Phi) is 3.47. The van der Waals surface area contributed by atoms with Crippen molar-refractivity contribution in [2.75, 3.05) is 19.3 Å².